The van der Waals surface area contributed by atoms with Gasteiger partial charge in [-0.1, -0.05) is 0 Å². The van der Waals surface area contributed by atoms with Crippen molar-refractivity contribution in [2.24, 2.45) is 0 Å². The summed E-state index contributed by atoms with van der Waals surface area (Å²) in [7, 11) is 0. The number of aromatic nitrogens is 1. The minimum absolute atomic E-state index is 0.485. The number of aliphatic hydroxyl groups excluding tert-OH is 1. The molecule has 0 aliphatic heterocycles. The Morgan fingerprint density at radius 2 is 2.06 bits per heavy atom. The van der Waals surface area contributed by atoms with Crippen LogP contribution in [0.4, 0.5) is 0 Å². The predicted molar refractivity (Wildman–Crippen MR) is 72.9 cm³/mol. The molecule has 0 saturated heterocycles. The van der Waals surface area contributed by atoms with Crippen LogP contribution in [0.15, 0.2) is 40.4 Å². The monoisotopic (exact) mass is 312 g/mol. The zero-order valence-corrected chi connectivity index (χ0v) is 11.5. The van der Waals surface area contributed by atoms with Gasteiger partial charge in [0.2, 0.25) is 0 Å². The zero-order valence-electron chi connectivity index (χ0n) is 9.14. The lowest BCUT2D eigenvalue weighted by atomic mass is 10.1. The molecule has 2 heterocycles. The standard InChI is InChI=1S/C12H13BrN2OS/c13-12-2-1-10(17-12)7-15-8-11(16)9-3-5-14-6-4-9/h1-6,11,15-16H,7-8H2. The maximum absolute atomic E-state index is 9.91. The first-order valence-electron chi connectivity index (χ1n) is 5.28. The van der Waals surface area contributed by atoms with E-state index in [2.05, 4.69) is 32.3 Å². The number of hydrogen-bond donors (Lipinski definition) is 2. The van der Waals surface area contributed by atoms with E-state index in [0.29, 0.717) is 6.54 Å². The maximum atomic E-state index is 9.91. The number of aliphatic hydroxyl groups is 1. The Bertz CT molecular complexity index is 461. The average Bonchev–Trinajstić information content (AvgIpc) is 2.76. The molecular formula is C12H13BrN2OS. The molecule has 17 heavy (non-hydrogen) atoms. The van der Waals surface area contributed by atoms with Gasteiger partial charge in [-0.2, -0.15) is 0 Å². The van der Waals surface area contributed by atoms with Crippen molar-refractivity contribution >= 4 is 27.3 Å². The second-order valence-electron chi connectivity index (χ2n) is 3.63. The topological polar surface area (TPSA) is 45.1 Å². The molecule has 90 valence electrons. The fourth-order valence-corrected chi connectivity index (χ4v) is 2.94. The normalized spacial score (nSPS) is 12.6. The second-order valence-corrected chi connectivity index (χ2v) is 6.18. The summed E-state index contributed by atoms with van der Waals surface area (Å²) < 4.78 is 1.13. The lowest BCUT2D eigenvalue weighted by Gasteiger charge is -2.11. The van der Waals surface area contributed by atoms with Crippen LogP contribution in [0.1, 0.15) is 16.5 Å². The highest BCUT2D eigenvalue weighted by Crippen LogP contribution is 2.21. The van der Waals surface area contributed by atoms with Crippen molar-refractivity contribution in [3.8, 4) is 0 Å². The van der Waals surface area contributed by atoms with Crippen molar-refractivity contribution in [1.29, 1.82) is 0 Å². The van der Waals surface area contributed by atoms with E-state index in [-0.39, 0.29) is 0 Å². The molecule has 0 aliphatic rings. The molecule has 2 aromatic heterocycles. The van der Waals surface area contributed by atoms with Crippen LogP contribution in [-0.4, -0.2) is 16.6 Å². The van der Waals surface area contributed by atoms with Crippen molar-refractivity contribution in [2.75, 3.05) is 6.54 Å². The van der Waals surface area contributed by atoms with E-state index >= 15 is 0 Å². The summed E-state index contributed by atoms with van der Waals surface area (Å²) >= 11 is 5.12. The van der Waals surface area contributed by atoms with E-state index in [1.807, 2.05) is 18.2 Å². The Morgan fingerprint density at radius 3 is 2.71 bits per heavy atom. The van der Waals surface area contributed by atoms with Gasteiger partial charge in [-0.3, -0.25) is 4.98 Å². The Balaban J connectivity index is 1.79. The molecule has 2 aromatic rings. The van der Waals surface area contributed by atoms with Crippen LogP contribution in [-0.2, 0) is 6.54 Å². The molecule has 0 fully saturated rings. The van der Waals surface area contributed by atoms with Gasteiger partial charge in [-0.15, -0.1) is 11.3 Å². The SMILES string of the molecule is OC(CNCc1ccc(Br)s1)c1ccncc1. The van der Waals surface area contributed by atoms with Crippen molar-refractivity contribution in [3.63, 3.8) is 0 Å². The van der Waals surface area contributed by atoms with Crippen molar-refractivity contribution in [1.82, 2.24) is 10.3 Å². The van der Waals surface area contributed by atoms with Crippen molar-refractivity contribution < 1.29 is 5.11 Å². The number of rotatable bonds is 5. The average molecular weight is 313 g/mol. The van der Waals surface area contributed by atoms with Gasteiger partial charge in [-0.05, 0) is 45.8 Å². The molecular weight excluding hydrogens is 300 g/mol. The first-order valence-corrected chi connectivity index (χ1v) is 6.89. The molecule has 2 N–H and O–H groups in total. The molecule has 0 bridgehead atoms. The van der Waals surface area contributed by atoms with E-state index in [4.69, 9.17) is 0 Å². The smallest absolute Gasteiger partial charge is 0.0915 e. The Morgan fingerprint density at radius 1 is 1.29 bits per heavy atom. The van der Waals surface area contributed by atoms with E-state index in [0.717, 1.165) is 15.9 Å². The summed E-state index contributed by atoms with van der Waals surface area (Å²) in [6.45, 7) is 1.32. The maximum Gasteiger partial charge on any atom is 0.0915 e. The van der Waals surface area contributed by atoms with Gasteiger partial charge in [0.15, 0.2) is 0 Å². The number of pyridine rings is 1. The third-order valence-electron chi connectivity index (χ3n) is 2.36. The van der Waals surface area contributed by atoms with E-state index < -0.39 is 6.10 Å². The minimum atomic E-state index is -0.485. The van der Waals surface area contributed by atoms with Gasteiger partial charge in [0.05, 0.1) is 9.89 Å². The number of hydrogen-bond acceptors (Lipinski definition) is 4. The minimum Gasteiger partial charge on any atom is -0.387 e. The van der Waals surface area contributed by atoms with E-state index in [1.165, 1.54) is 4.88 Å². The summed E-state index contributed by atoms with van der Waals surface area (Å²) in [5, 5.41) is 13.1. The molecule has 0 radical (unpaired) electrons. The molecule has 0 aromatic carbocycles. The third-order valence-corrected chi connectivity index (χ3v) is 3.98. The summed E-state index contributed by atoms with van der Waals surface area (Å²) in [6.07, 6.45) is 2.89. The highest BCUT2D eigenvalue weighted by molar-refractivity contribution is 9.11. The highest BCUT2D eigenvalue weighted by Gasteiger charge is 2.06. The molecule has 0 amide bonds. The molecule has 1 atom stereocenters. The largest absolute Gasteiger partial charge is 0.387 e. The Hall–Kier alpha value is -0.750. The fraction of sp³-hybridized carbons (Fsp3) is 0.250. The van der Waals surface area contributed by atoms with Gasteiger partial charge >= 0.3 is 0 Å². The molecule has 2 rings (SSSR count). The number of halogens is 1. The van der Waals surface area contributed by atoms with Crippen LogP contribution in [0, 0.1) is 0 Å². The number of nitrogens with zero attached hydrogens (tertiary/aromatic N) is 1. The summed E-state index contributed by atoms with van der Waals surface area (Å²) in [4.78, 5) is 5.17. The second kappa shape index (κ2) is 6.26. The lowest BCUT2D eigenvalue weighted by molar-refractivity contribution is 0.174. The van der Waals surface area contributed by atoms with Gasteiger partial charge in [0, 0.05) is 30.4 Å². The quantitative estimate of drug-likeness (QED) is 0.892. The van der Waals surface area contributed by atoms with Gasteiger partial charge in [0.25, 0.3) is 0 Å². The first-order chi connectivity index (χ1) is 8.25. The van der Waals surface area contributed by atoms with Crippen LogP contribution in [0.5, 0.6) is 0 Å². The van der Waals surface area contributed by atoms with Crippen molar-refractivity contribution in [2.45, 2.75) is 12.6 Å². The third kappa shape index (κ3) is 3.89. The van der Waals surface area contributed by atoms with Crippen LogP contribution in [0.25, 0.3) is 0 Å². The fourth-order valence-electron chi connectivity index (χ4n) is 1.48. The zero-order chi connectivity index (χ0) is 12.1. The Labute approximate surface area is 113 Å². The van der Waals surface area contributed by atoms with Gasteiger partial charge < -0.3 is 10.4 Å². The van der Waals surface area contributed by atoms with Crippen molar-refractivity contribution in [3.05, 3.63) is 50.9 Å². The molecule has 5 heteroatoms. The molecule has 0 spiro atoms. The van der Waals surface area contributed by atoms with E-state index in [1.54, 1.807) is 23.7 Å². The predicted octanol–water partition coefficient (Wildman–Crippen LogP) is 2.73. The van der Waals surface area contributed by atoms with Crippen LogP contribution in [0.2, 0.25) is 0 Å². The molecule has 0 aliphatic carbocycles. The highest BCUT2D eigenvalue weighted by atomic mass is 79.9. The Kier molecular flexibility index (Phi) is 4.67. The number of nitrogens with one attached hydrogen (secondary N) is 1. The molecule has 0 saturated carbocycles. The number of thiophene rings is 1. The molecule has 1 unspecified atom stereocenters. The van der Waals surface area contributed by atoms with Crippen LogP contribution >= 0.6 is 27.3 Å². The van der Waals surface area contributed by atoms with Crippen LogP contribution in [0.3, 0.4) is 0 Å². The summed E-state index contributed by atoms with van der Waals surface area (Å²) in [5.74, 6) is 0. The summed E-state index contributed by atoms with van der Waals surface area (Å²) in [6, 6.07) is 7.75. The van der Waals surface area contributed by atoms with E-state index in [9.17, 15) is 5.11 Å². The summed E-state index contributed by atoms with van der Waals surface area (Å²) in [5.41, 5.74) is 0.889. The van der Waals surface area contributed by atoms with Crippen LogP contribution < -0.4 is 5.32 Å². The van der Waals surface area contributed by atoms with Gasteiger partial charge in [-0.25, -0.2) is 0 Å². The molecule has 3 nitrogen and oxygen atoms in total. The lowest BCUT2D eigenvalue weighted by Crippen LogP contribution is -2.20. The first kappa shape index (κ1) is 12.7. The van der Waals surface area contributed by atoms with Gasteiger partial charge in [0.1, 0.15) is 0 Å².